The summed E-state index contributed by atoms with van der Waals surface area (Å²) in [6.45, 7) is 2.74. The lowest BCUT2D eigenvalue weighted by atomic mass is 9.89. The fraction of sp³-hybridized carbons (Fsp3) is 0.500. The molecule has 0 aliphatic heterocycles. The quantitative estimate of drug-likeness (QED) is 0.846. The van der Waals surface area contributed by atoms with Crippen LogP contribution in [0.4, 0.5) is 4.79 Å². The minimum Gasteiger partial charge on any atom is -0.338 e. The van der Waals surface area contributed by atoms with Crippen LogP contribution in [0.2, 0.25) is 0 Å². The molecule has 2 amide bonds. The number of carbonyl (C=O) groups is 1. The number of aryl methyl sites for hydroxylation is 1. The summed E-state index contributed by atoms with van der Waals surface area (Å²) in [6, 6.07) is 8.30. The Bertz CT molecular complexity index is 459. The van der Waals surface area contributed by atoms with Crippen LogP contribution in [-0.4, -0.2) is 12.6 Å². The molecule has 0 aromatic heterocycles. The molecule has 1 aromatic carbocycles. The van der Waals surface area contributed by atoms with Gasteiger partial charge < -0.3 is 10.6 Å². The van der Waals surface area contributed by atoms with E-state index in [1.54, 1.807) is 6.20 Å². The molecule has 0 radical (unpaired) electrons. The van der Waals surface area contributed by atoms with Gasteiger partial charge in [0.2, 0.25) is 0 Å². The van der Waals surface area contributed by atoms with Gasteiger partial charge >= 0.3 is 6.03 Å². The Morgan fingerprint density at radius 1 is 1.19 bits per heavy atom. The van der Waals surface area contributed by atoms with Crippen molar-refractivity contribution >= 4 is 6.03 Å². The first-order chi connectivity index (χ1) is 10.2. The average molecular weight is 286 g/mol. The third kappa shape index (κ3) is 6.03. The van der Waals surface area contributed by atoms with E-state index in [1.807, 2.05) is 0 Å². The van der Waals surface area contributed by atoms with Gasteiger partial charge in [0.05, 0.1) is 0 Å². The highest BCUT2D eigenvalue weighted by atomic mass is 16.2. The summed E-state index contributed by atoms with van der Waals surface area (Å²) in [5.74, 6) is 0.645. The molecule has 1 aliphatic carbocycles. The number of hydrogen-bond acceptors (Lipinski definition) is 1. The minimum absolute atomic E-state index is 0.117. The van der Waals surface area contributed by atoms with E-state index in [2.05, 4.69) is 47.9 Å². The molecule has 1 saturated carbocycles. The molecule has 1 aliphatic rings. The molecular weight excluding hydrogens is 260 g/mol. The van der Waals surface area contributed by atoms with Crippen molar-refractivity contribution in [3.05, 3.63) is 47.7 Å². The summed E-state index contributed by atoms with van der Waals surface area (Å²) in [6.07, 6.45) is 11.3. The predicted molar refractivity (Wildman–Crippen MR) is 87.1 cm³/mol. The van der Waals surface area contributed by atoms with Crippen molar-refractivity contribution in [2.75, 3.05) is 6.54 Å². The van der Waals surface area contributed by atoms with Crippen LogP contribution in [0.5, 0.6) is 0 Å². The van der Waals surface area contributed by atoms with Crippen LogP contribution in [0.15, 0.2) is 36.5 Å². The first-order valence-corrected chi connectivity index (χ1v) is 8.00. The van der Waals surface area contributed by atoms with Gasteiger partial charge in [0, 0.05) is 12.7 Å². The van der Waals surface area contributed by atoms with Gasteiger partial charge in [-0.2, -0.15) is 0 Å². The second kappa shape index (κ2) is 8.50. The van der Waals surface area contributed by atoms with Gasteiger partial charge in [0.1, 0.15) is 0 Å². The van der Waals surface area contributed by atoms with Crippen molar-refractivity contribution in [1.29, 1.82) is 0 Å². The second-order valence-corrected chi connectivity index (χ2v) is 5.89. The molecular formula is C18H26N2O. The average Bonchev–Trinajstić information content (AvgIpc) is 2.50. The van der Waals surface area contributed by atoms with Gasteiger partial charge in [-0.3, -0.25) is 0 Å². The largest absolute Gasteiger partial charge is 0.338 e. The lowest BCUT2D eigenvalue weighted by Gasteiger charge is -2.17. The molecule has 3 nitrogen and oxygen atoms in total. The smallest absolute Gasteiger partial charge is 0.318 e. The SMILES string of the molecule is Cc1ccc(CCNC(=O)N/C=C/C2CCCCC2)cc1. The highest BCUT2D eigenvalue weighted by molar-refractivity contribution is 5.74. The maximum Gasteiger partial charge on any atom is 0.318 e. The molecule has 0 spiro atoms. The van der Waals surface area contributed by atoms with Crippen molar-refractivity contribution in [1.82, 2.24) is 10.6 Å². The van der Waals surface area contributed by atoms with Crippen molar-refractivity contribution in [2.45, 2.75) is 45.4 Å². The number of hydrogen-bond donors (Lipinski definition) is 2. The zero-order valence-electron chi connectivity index (χ0n) is 12.9. The number of allylic oxidation sites excluding steroid dienone is 1. The first kappa shape index (κ1) is 15.6. The Kier molecular flexibility index (Phi) is 6.32. The molecule has 0 bridgehead atoms. The topological polar surface area (TPSA) is 41.1 Å². The Balaban J connectivity index is 1.60. The number of benzene rings is 1. The van der Waals surface area contributed by atoms with E-state index in [-0.39, 0.29) is 6.03 Å². The lowest BCUT2D eigenvalue weighted by Crippen LogP contribution is -2.33. The molecule has 114 valence electrons. The third-order valence-corrected chi connectivity index (χ3v) is 4.05. The van der Waals surface area contributed by atoms with Crippen molar-refractivity contribution in [2.24, 2.45) is 5.92 Å². The third-order valence-electron chi connectivity index (χ3n) is 4.05. The Hall–Kier alpha value is -1.77. The fourth-order valence-corrected chi connectivity index (χ4v) is 2.71. The van der Waals surface area contributed by atoms with Crippen LogP contribution < -0.4 is 10.6 Å². The Morgan fingerprint density at radius 3 is 2.62 bits per heavy atom. The van der Waals surface area contributed by atoms with E-state index in [4.69, 9.17) is 0 Å². The molecule has 1 fully saturated rings. The molecule has 2 rings (SSSR count). The van der Waals surface area contributed by atoms with Crippen LogP contribution in [0.3, 0.4) is 0 Å². The predicted octanol–water partition coefficient (Wildman–Crippen LogP) is 3.93. The molecule has 0 unspecified atom stereocenters. The monoisotopic (exact) mass is 286 g/mol. The molecule has 2 N–H and O–H groups in total. The zero-order chi connectivity index (χ0) is 14.9. The van der Waals surface area contributed by atoms with Crippen LogP contribution in [0, 0.1) is 12.8 Å². The van der Waals surface area contributed by atoms with Crippen molar-refractivity contribution < 1.29 is 4.79 Å². The summed E-state index contributed by atoms with van der Waals surface area (Å²) in [5, 5.41) is 5.68. The Morgan fingerprint density at radius 2 is 1.90 bits per heavy atom. The van der Waals surface area contributed by atoms with Gasteiger partial charge in [-0.05, 0) is 37.7 Å². The maximum absolute atomic E-state index is 11.7. The zero-order valence-corrected chi connectivity index (χ0v) is 12.9. The highest BCUT2D eigenvalue weighted by Gasteiger charge is 2.09. The highest BCUT2D eigenvalue weighted by Crippen LogP contribution is 2.24. The molecule has 0 saturated heterocycles. The minimum atomic E-state index is -0.117. The first-order valence-electron chi connectivity index (χ1n) is 8.00. The molecule has 3 heteroatoms. The second-order valence-electron chi connectivity index (χ2n) is 5.89. The van der Waals surface area contributed by atoms with E-state index >= 15 is 0 Å². The standard InChI is InChI=1S/C18H26N2O/c1-15-7-9-17(10-8-15)12-14-20-18(21)19-13-11-16-5-3-2-4-6-16/h7-11,13,16H,2-6,12,14H2,1H3,(H2,19,20,21)/b13-11+. The number of rotatable bonds is 5. The number of urea groups is 1. The van der Waals surface area contributed by atoms with E-state index in [1.165, 1.54) is 43.2 Å². The summed E-state index contributed by atoms with van der Waals surface area (Å²) in [5.41, 5.74) is 2.51. The van der Waals surface area contributed by atoms with E-state index < -0.39 is 0 Å². The van der Waals surface area contributed by atoms with Crippen LogP contribution in [0.1, 0.15) is 43.2 Å². The van der Waals surface area contributed by atoms with Crippen LogP contribution in [-0.2, 0) is 6.42 Å². The van der Waals surface area contributed by atoms with E-state index in [9.17, 15) is 4.79 Å². The maximum atomic E-state index is 11.7. The lowest BCUT2D eigenvalue weighted by molar-refractivity contribution is 0.244. The summed E-state index contributed by atoms with van der Waals surface area (Å²) < 4.78 is 0. The molecule has 1 aromatic rings. The number of amides is 2. The van der Waals surface area contributed by atoms with E-state index in [0.29, 0.717) is 12.5 Å². The number of nitrogens with one attached hydrogen (secondary N) is 2. The number of carbonyl (C=O) groups excluding carboxylic acids is 1. The van der Waals surface area contributed by atoms with Gasteiger partial charge in [0.15, 0.2) is 0 Å². The van der Waals surface area contributed by atoms with Gasteiger partial charge in [-0.15, -0.1) is 0 Å². The van der Waals surface area contributed by atoms with E-state index in [0.717, 1.165) is 6.42 Å². The molecule has 0 atom stereocenters. The summed E-state index contributed by atoms with van der Waals surface area (Å²) in [7, 11) is 0. The van der Waals surface area contributed by atoms with Gasteiger partial charge in [-0.25, -0.2) is 4.79 Å². The summed E-state index contributed by atoms with van der Waals surface area (Å²) in [4.78, 5) is 11.7. The normalized spacial score (nSPS) is 16.0. The van der Waals surface area contributed by atoms with Crippen molar-refractivity contribution in [3.63, 3.8) is 0 Å². The van der Waals surface area contributed by atoms with Gasteiger partial charge in [0.25, 0.3) is 0 Å². The summed E-state index contributed by atoms with van der Waals surface area (Å²) >= 11 is 0. The van der Waals surface area contributed by atoms with Crippen molar-refractivity contribution in [3.8, 4) is 0 Å². The fourth-order valence-electron chi connectivity index (χ4n) is 2.71. The molecule has 21 heavy (non-hydrogen) atoms. The van der Waals surface area contributed by atoms with Gasteiger partial charge in [-0.1, -0.05) is 55.2 Å². The molecule has 0 heterocycles. The van der Waals surface area contributed by atoms with Crippen LogP contribution in [0.25, 0.3) is 0 Å². The Labute approximate surface area is 127 Å². The van der Waals surface area contributed by atoms with Crippen LogP contribution >= 0.6 is 0 Å².